The number of nitrogens with zero attached hydrogens (tertiary/aromatic N) is 1. The lowest BCUT2D eigenvalue weighted by molar-refractivity contribution is -0.125. The molecule has 3 saturated carbocycles. The molecule has 1 amide bonds. The van der Waals surface area contributed by atoms with E-state index in [1.54, 1.807) is 0 Å². The number of rotatable bonds is 3. The van der Waals surface area contributed by atoms with Gasteiger partial charge in [-0.25, -0.2) is 0 Å². The molecule has 2 N–H and O–H groups in total. The van der Waals surface area contributed by atoms with Crippen LogP contribution in [0.25, 0.3) is 0 Å². The minimum absolute atomic E-state index is 0.226. The molecule has 4 heteroatoms. The fourth-order valence-electron chi connectivity index (χ4n) is 5.26. The summed E-state index contributed by atoms with van der Waals surface area (Å²) in [4.78, 5) is 14.6. The third-order valence-electron chi connectivity index (χ3n) is 6.55. The quantitative estimate of drug-likeness (QED) is 0.805. The predicted molar refractivity (Wildman–Crippen MR) is 76.0 cm³/mol. The fourth-order valence-corrected chi connectivity index (χ4v) is 5.26. The Labute approximate surface area is 120 Å². The first-order valence-corrected chi connectivity index (χ1v) is 8.26. The zero-order chi connectivity index (χ0) is 13.9. The molecule has 0 radical (unpaired) electrons. The Kier molecular flexibility index (Phi) is 2.90. The van der Waals surface area contributed by atoms with E-state index in [1.807, 2.05) is 0 Å². The van der Waals surface area contributed by atoms with E-state index >= 15 is 0 Å². The first-order chi connectivity index (χ1) is 9.57. The van der Waals surface area contributed by atoms with Crippen LogP contribution in [-0.4, -0.2) is 48.2 Å². The maximum atomic E-state index is 12.4. The zero-order valence-corrected chi connectivity index (χ0v) is 12.3. The fraction of sp³-hybridized carbons (Fsp3) is 0.938. The van der Waals surface area contributed by atoms with Crippen LogP contribution in [0.5, 0.6) is 0 Å². The van der Waals surface area contributed by atoms with E-state index < -0.39 is 5.60 Å². The van der Waals surface area contributed by atoms with Crippen LogP contribution in [0.2, 0.25) is 0 Å². The first kappa shape index (κ1) is 13.1. The summed E-state index contributed by atoms with van der Waals surface area (Å²) in [5, 5.41) is 13.6. The van der Waals surface area contributed by atoms with E-state index in [0.29, 0.717) is 18.4 Å². The van der Waals surface area contributed by atoms with Gasteiger partial charge in [0, 0.05) is 25.6 Å². The van der Waals surface area contributed by atoms with E-state index in [0.717, 1.165) is 37.8 Å². The highest BCUT2D eigenvalue weighted by Crippen LogP contribution is 2.69. The summed E-state index contributed by atoms with van der Waals surface area (Å²) in [7, 11) is 2.08. The molecule has 112 valence electrons. The molecule has 5 atom stereocenters. The monoisotopic (exact) mass is 278 g/mol. The van der Waals surface area contributed by atoms with Crippen LogP contribution < -0.4 is 5.32 Å². The van der Waals surface area contributed by atoms with Crippen molar-refractivity contribution in [3.05, 3.63) is 0 Å². The van der Waals surface area contributed by atoms with Gasteiger partial charge in [0.2, 0.25) is 5.91 Å². The highest BCUT2D eigenvalue weighted by atomic mass is 16.3. The number of likely N-dealkylation sites (tertiary alicyclic amines) is 1. The molecule has 0 aromatic heterocycles. The summed E-state index contributed by atoms with van der Waals surface area (Å²) in [6, 6.07) is 0. The topological polar surface area (TPSA) is 52.6 Å². The summed E-state index contributed by atoms with van der Waals surface area (Å²) in [6.45, 7) is 2.29. The van der Waals surface area contributed by atoms with Gasteiger partial charge in [-0.1, -0.05) is 0 Å². The number of carbonyl (C=O) groups is 1. The molecule has 3 aliphatic carbocycles. The molecule has 2 bridgehead atoms. The van der Waals surface area contributed by atoms with E-state index in [1.165, 1.54) is 19.3 Å². The van der Waals surface area contributed by atoms with Gasteiger partial charge < -0.3 is 15.3 Å². The van der Waals surface area contributed by atoms with Gasteiger partial charge in [-0.05, 0) is 62.8 Å². The van der Waals surface area contributed by atoms with E-state index in [4.69, 9.17) is 0 Å². The Hall–Kier alpha value is -0.610. The van der Waals surface area contributed by atoms with E-state index in [2.05, 4.69) is 17.3 Å². The van der Waals surface area contributed by atoms with E-state index in [9.17, 15) is 9.90 Å². The number of hydrogen-bond donors (Lipinski definition) is 2. The number of amides is 1. The average Bonchev–Trinajstić information content (AvgIpc) is 2.88. The van der Waals surface area contributed by atoms with Crippen molar-refractivity contribution in [1.29, 1.82) is 0 Å². The third kappa shape index (κ3) is 2.00. The molecule has 0 spiro atoms. The lowest BCUT2D eigenvalue weighted by Gasteiger charge is -2.36. The largest absolute Gasteiger partial charge is 0.388 e. The lowest BCUT2D eigenvalue weighted by Crippen LogP contribution is -2.50. The predicted octanol–water partition coefficient (Wildman–Crippen LogP) is 0.851. The average molecular weight is 278 g/mol. The second-order valence-electron chi connectivity index (χ2n) is 7.76. The minimum atomic E-state index is -0.675. The molecule has 20 heavy (non-hydrogen) atoms. The second kappa shape index (κ2) is 4.44. The van der Waals surface area contributed by atoms with Crippen molar-refractivity contribution in [2.75, 3.05) is 26.7 Å². The van der Waals surface area contributed by atoms with Gasteiger partial charge in [0.05, 0.1) is 5.60 Å². The summed E-state index contributed by atoms with van der Waals surface area (Å²) < 4.78 is 0. The van der Waals surface area contributed by atoms with Gasteiger partial charge in [0.25, 0.3) is 0 Å². The summed E-state index contributed by atoms with van der Waals surface area (Å²) >= 11 is 0. The Bertz CT molecular complexity index is 401. The lowest BCUT2D eigenvalue weighted by atomic mass is 9.91. The van der Waals surface area contributed by atoms with Crippen LogP contribution in [0.4, 0.5) is 0 Å². The van der Waals surface area contributed by atoms with Crippen molar-refractivity contribution in [1.82, 2.24) is 10.2 Å². The SMILES string of the molecule is CN1CCC(O)(CNC(=O)C2[C@@H]3[C@H]4CC[C@H](C4)[C@H]23)CC1. The van der Waals surface area contributed by atoms with Gasteiger partial charge in [-0.2, -0.15) is 0 Å². The van der Waals surface area contributed by atoms with Crippen LogP contribution in [-0.2, 0) is 4.79 Å². The summed E-state index contributed by atoms with van der Waals surface area (Å²) in [5.74, 6) is 3.58. The van der Waals surface area contributed by atoms with Crippen molar-refractivity contribution >= 4 is 5.91 Å². The molecular formula is C16H26N2O2. The molecule has 1 heterocycles. The Morgan fingerprint density at radius 2 is 1.85 bits per heavy atom. The number of carbonyl (C=O) groups excluding carboxylic acids is 1. The Morgan fingerprint density at radius 1 is 1.25 bits per heavy atom. The molecule has 0 aromatic rings. The molecular weight excluding hydrogens is 252 g/mol. The van der Waals surface area contributed by atoms with Crippen molar-refractivity contribution in [2.24, 2.45) is 29.6 Å². The second-order valence-corrected chi connectivity index (χ2v) is 7.76. The highest BCUT2D eigenvalue weighted by Gasteiger charge is 2.67. The number of piperidine rings is 1. The van der Waals surface area contributed by atoms with Gasteiger partial charge >= 0.3 is 0 Å². The van der Waals surface area contributed by atoms with Gasteiger partial charge in [0.15, 0.2) is 0 Å². The maximum absolute atomic E-state index is 12.4. The third-order valence-corrected chi connectivity index (χ3v) is 6.55. The van der Waals surface area contributed by atoms with Crippen molar-refractivity contribution in [3.63, 3.8) is 0 Å². The molecule has 1 aliphatic heterocycles. The van der Waals surface area contributed by atoms with Crippen molar-refractivity contribution < 1.29 is 9.90 Å². The van der Waals surface area contributed by atoms with Gasteiger partial charge in [-0.3, -0.25) is 4.79 Å². The molecule has 1 unspecified atom stereocenters. The first-order valence-electron chi connectivity index (χ1n) is 8.26. The highest BCUT2D eigenvalue weighted by molar-refractivity contribution is 5.82. The molecule has 4 fully saturated rings. The number of hydrogen-bond acceptors (Lipinski definition) is 3. The molecule has 4 rings (SSSR count). The van der Waals surface area contributed by atoms with Gasteiger partial charge in [0.1, 0.15) is 0 Å². The number of nitrogens with one attached hydrogen (secondary N) is 1. The molecule has 4 aliphatic rings. The van der Waals surface area contributed by atoms with Crippen molar-refractivity contribution in [2.45, 2.75) is 37.7 Å². The Morgan fingerprint density at radius 3 is 2.45 bits per heavy atom. The normalized spacial score (nSPS) is 45.2. The van der Waals surface area contributed by atoms with Gasteiger partial charge in [-0.15, -0.1) is 0 Å². The van der Waals surface area contributed by atoms with Crippen LogP contribution in [0.1, 0.15) is 32.1 Å². The number of fused-ring (bicyclic) bond motifs is 5. The molecule has 1 saturated heterocycles. The van der Waals surface area contributed by atoms with Crippen LogP contribution in [0, 0.1) is 29.6 Å². The number of aliphatic hydroxyl groups is 1. The zero-order valence-electron chi connectivity index (χ0n) is 12.3. The Balaban J connectivity index is 1.29. The smallest absolute Gasteiger partial charge is 0.223 e. The maximum Gasteiger partial charge on any atom is 0.223 e. The van der Waals surface area contributed by atoms with E-state index in [-0.39, 0.29) is 11.8 Å². The molecule has 4 nitrogen and oxygen atoms in total. The van der Waals surface area contributed by atoms with Crippen molar-refractivity contribution in [3.8, 4) is 0 Å². The van der Waals surface area contributed by atoms with Crippen LogP contribution in [0.3, 0.4) is 0 Å². The minimum Gasteiger partial charge on any atom is -0.388 e. The van der Waals surface area contributed by atoms with Crippen LogP contribution >= 0.6 is 0 Å². The van der Waals surface area contributed by atoms with Crippen LogP contribution in [0.15, 0.2) is 0 Å². The standard InChI is InChI=1S/C16H26N2O2/c1-18-6-4-16(20,5-7-18)9-17-15(19)14-12-10-2-3-11(8-10)13(12)14/h10-14,20H,2-9H2,1H3,(H,17,19)/t10-,11+,12+,13-,14?. The molecule has 0 aromatic carbocycles. The summed E-state index contributed by atoms with van der Waals surface area (Å²) in [5.41, 5.74) is -0.675. The summed E-state index contributed by atoms with van der Waals surface area (Å²) in [6.07, 6.45) is 5.63.